The van der Waals surface area contributed by atoms with Crippen molar-refractivity contribution in [3.63, 3.8) is 0 Å². The third kappa shape index (κ3) is 3.20. The highest BCUT2D eigenvalue weighted by molar-refractivity contribution is 9.11. The van der Waals surface area contributed by atoms with Crippen LogP contribution in [0, 0.1) is 6.92 Å². The molecule has 0 amide bonds. The van der Waals surface area contributed by atoms with Crippen LogP contribution < -0.4 is 0 Å². The molecule has 1 rings (SSSR count). The highest BCUT2D eigenvalue weighted by Gasteiger charge is 2.25. The summed E-state index contributed by atoms with van der Waals surface area (Å²) in [6.07, 6.45) is 0. The maximum atomic E-state index is 12.2. The summed E-state index contributed by atoms with van der Waals surface area (Å²) in [7, 11) is -1.87. The molecule has 0 radical (unpaired) electrons. The molecule has 1 unspecified atom stereocenters. The molecule has 7 heteroatoms. The van der Waals surface area contributed by atoms with Gasteiger partial charge in [0.25, 0.3) is 0 Å². The molecule has 0 saturated heterocycles. The Kier molecular flexibility index (Phi) is 4.83. The molecule has 0 saturated carbocycles. The highest BCUT2D eigenvalue weighted by Crippen LogP contribution is 2.31. The van der Waals surface area contributed by atoms with Gasteiger partial charge in [0.2, 0.25) is 10.0 Å². The maximum Gasteiger partial charge on any atom is 0.244 e. The molecular formula is C9H13BrClNO2S2. The minimum atomic E-state index is -3.41. The van der Waals surface area contributed by atoms with Gasteiger partial charge in [-0.3, -0.25) is 0 Å². The van der Waals surface area contributed by atoms with Gasteiger partial charge in [-0.15, -0.1) is 22.9 Å². The quantitative estimate of drug-likeness (QED) is 0.786. The van der Waals surface area contributed by atoms with Crippen LogP contribution in [0.4, 0.5) is 0 Å². The number of nitrogens with zero attached hydrogens (tertiary/aromatic N) is 1. The molecule has 0 bridgehead atoms. The first kappa shape index (κ1) is 14.4. The van der Waals surface area contributed by atoms with Crippen molar-refractivity contribution in [2.75, 3.05) is 13.6 Å². The molecule has 0 N–H and O–H groups in total. The van der Waals surface area contributed by atoms with Crippen LogP contribution in [0.15, 0.2) is 14.7 Å². The lowest BCUT2D eigenvalue weighted by Gasteiger charge is -2.17. The molecule has 0 aliphatic heterocycles. The van der Waals surface area contributed by atoms with Gasteiger partial charge in [0.1, 0.15) is 0 Å². The van der Waals surface area contributed by atoms with Gasteiger partial charge in [0.05, 0.1) is 8.68 Å². The molecule has 0 spiro atoms. The highest BCUT2D eigenvalue weighted by atomic mass is 79.9. The van der Waals surface area contributed by atoms with Gasteiger partial charge in [-0.2, -0.15) is 4.31 Å². The van der Waals surface area contributed by atoms with E-state index >= 15 is 0 Å². The minimum Gasteiger partial charge on any atom is -0.207 e. The molecule has 3 nitrogen and oxygen atoms in total. The molecular weight excluding hydrogens is 334 g/mol. The van der Waals surface area contributed by atoms with Crippen molar-refractivity contribution < 1.29 is 8.42 Å². The van der Waals surface area contributed by atoms with Crippen molar-refractivity contribution >= 4 is 48.9 Å². The van der Waals surface area contributed by atoms with E-state index in [-0.39, 0.29) is 5.38 Å². The van der Waals surface area contributed by atoms with Crippen molar-refractivity contribution in [2.24, 2.45) is 0 Å². The van der Waals surface area contributed by atoms with Crippen LogP contribution in [0.25, 0.3) is 0 Å². The number of rotatable bonds is 4. The number of aryl methyl sites for hydroxylation is 1. The van der Waals surface area contributed by atoms with E-state index in [2.05, 4.69) is 15.9 Å². The van der Waals surface area contributed by atoms with Gasteiger partial charge in [-0.05, 0) is 35.8 Å². The van der Waals surface area contributed by atoms with E-state index in [9.17, 15) is 8.42 Å². The Labute approximate surface area is 114 Å². The summed E-state index contributed by atoms with van der Waals surface area (Å²) in [5, 5.41) is -0.206. The molecule has 1 heterocycles. The Morgan fingerprint density at radius 3 is 2.56 bits per heavy atom. The Bertz CT molecular complexity index is 470. The summed E-state index contributed by atoms with van der Waals surface area (Å²) in [4.78, 5) is 1.13. The second kappa shape index (κ2) is 5.35. The Morgan fingerprint density at radius 1 is 1.62 bits per heavy atom. The lowest BCUT2D eigenvalue weighted by molar-refractivity contribution is 0.470. The maximum absolute atomic E-state index is 12.2. The Balaban J connectivity index is 3.07. The smallest absolute Gasteiger partial charge is 0.207 e. The summed E-state index contributed by atoms with van der Waals surface area (Å²) in [6.45, 7) is 3.86. The van der Waals surface area contributed by atoms with Gasteiger partial charge in [-0.1, -0.05) is 0 Å². The van der Waals surface area contributed by atoms with Crippen LogP contribution in [0.3, 0.4) is 0 Å². The van der Waals surface area contributed by atoms with E-state index in [1.165, 1.54) is 15.6 Å². The summed E-state index contributed by atoms with van der Waals surface area (Å²) < 4.78 is 26.4. The van der Waals surface area contributed by atoms with Crippen LogP contribution in [0.2, 0.25) is 0 Å². The molecule has 1 aromatic heterocycles. The fourth-order valence-corrected chi connectivity index (χ4v) is 5.23. The monoisotopic (exact) mass is 345 g/mol. The van der Waals surface area contributed by atoms with Gasteiger partial charge in [0, 0.05) is 23.8 Å². The van der Waals surface area contributed by atoms with E-state index in [1.807, 2.05) is 0 Å². The van der Waals surface area contributed by atoms with Crippen molar-refractivity contribution in [1.29, 1.82) is 0 Å². The number of thiophene rings is 1. The molecule has 1 atom stereocenters. The van der Waals surface area contributed by atoms with E-state index in [1.54, 1.807) is 27.0 Å². The first-order chi connectivity index (χ1) is 7.25. The first-order valence-corrected chi connectivity index (χ1v) is 8.10. The van der Waals surface area contributed by atoms with E-state index in [0.29, 0.717) is 11.4 Å². The lowest BCUT2D eigenvalue weighted by Crippen LogP contribution is -2.31. The molecule has 0 fully saturated rings. The van der Waals surface area contributed by atoms with Crippen molar-refractivity contribution in [1.82, 2.24) is 4.31 Å². The lowest BCUT2D eigenvalue weighted by atomic mass is 10.5. The minimum absolute atomic E-state index is 0.206. The van der Waals surface area contributed by atoms with Crippen molar-refractivity contribution in [3.05, 3.63) is 14.7 Å². The van der Waals surface area contributed by atoms with Gasteiger partial charge < -0.3 is 0 Å². The number of hydrogen-bond acceptors (Lipinski definition) is 3. The van der Waals surface area contributed by atoms with Crippen LogP contribution in [-0.4, -0.2) is 31.7 Å². The predicted molar refractivity (Wildman–Crippen MR) is 71.9 cm³/mol. The zero-order valence-corrected chi connectivity index (χ0v) is 13.2. The first-order valence-electron chi connectivity index (χ1n) is 4.61. The third-order valence-electron chi connectivity index (χ3n) is 2.04. The van der Waals surface area contributed by atoms with Gasteiger partial charge >= 0.3 is 0 Å². The van der Waals surface area contributed by atoms with Crippen LogP contribution >= 0.6 is 38.9 Å². The van der Waals surface area contributed by atoms with E-state index in [0.717, 1.165) is 8.66 Å². The number of hydrogen-bond donors (Lipinski definition) is 0. The van der Waals surface area contributed by atoms with E-state index in [4.69, 9.17) is 11.6 Å². The molecule has 1 aromatic rings. The second-order valence-electron chi connectivity index (χ2n) is 3.54. The van der Waals surface area contributed by atoms with Crippen LogP contribution in [0.1, 0.15) is 11.8 Å². The Hall–Kier alpha value is 0.380. The Morgan fingerprint density at radius 2 is 2.19 bits per heavy atom. The fourth-order valence-electron chi connectivity index (χ4n) is 1.31. The fraction of sp³-hybridized carbons (Fsp3) is 0.556. The summed E-state index contributed by atoms with van der Waals surface area (Å²) in [5.74, 6) is 0. The SMILES string of the molecule is Cc1sc(Br)cc1S(=O)(=O)N(C)CC(C)Cl. The average molecular weight is 347 g/mol. The van der Waals surface area contributed by atoms with Crippen LogP contribution in [-0.2, 0) is 10.0 Å². The second-order valence-corrected chi connectivity index (χ2v) is 8.93. The molecule has 16 heavy (non-hydrogen) atoms. The van der Waals surface area contributed by atoms with Crippen LogP contribution in [0.5, 0.6) is 0 Å². The number of sulfonamides is 1. The molecule has 0 aliphatic rings. The number of alkyl halides is 1. The topological polar surface area (TPSA) is 37.4 Å². The zero-order valence-electron chi connectivity index (χ0n) is 9.20. The molecule has 0 aromatic carbocycles. The van der Waals surface area contributed by atoms with Crippen molar-refractivity contribution in [3.8, 4) is 0 Å². The van der Waals surface area contributed by atoms with Crippen molar-refractivity contribution in [2.45, 2.75) is 24.1 Å². The summed E-state index contributed by atoms with van der Waals surface area (Å²) in [6, 6.07) is 1.63. The average Bonchev–Trinajstić information content (AvgIpc) is 2.44. The van der Waals surface area contributed by atoms with Gasteiger partial charge in [0.15, 0.2) is 0 Å². The predicted octanol–water partition coefficient (Wildman–Crippen LogP) is 3.07. The third-order valence-corrected chi connectivity index (χ3v) is 5.81. The molecule has 92 valence electrons. The van der Waals surface area contributed by atoms with E-state index < -0.39 is 10.0 Å². The zero-order chi connectivity index (χ0) is 12.5. The normalized spacial score (nSPS) is 14.4. The summed E-state index contributed by atoms with van der Waals surface area (Å²) >= 11 is 10.5. The van der Waals surface area contributed by atoms with Gasteiger partial charge in [-0.25, -0.2) is 8.42 Å². The standard InChI is InChI=1S/C9H13BrClNO2S2/c1-6(11)5-12(3)16(13,14)8-4-9(10)15-7(8)2/h4,6H,5H2,1-3H3. The summed E-state index contributed by atoms with van der Waals surface area (Å²) in [5.41, 5.74) is 0. The largest absolute Gasteiger partial charge is 0.244 e. The number of halogens is 2. The molecule has 0 aliphatic carbocycles.